The number of piperidine rings is 3. The standard InChI is InChI=1S/C39H46ClN11O3S/c1-47-35-20-28(3-5-33(35)37(46-47)51-19-12-36(52)45-39(51)53)27-8-13-48(14-9-27)25-26-6-15-49(16-7-26)34-21-32(4-2-29(34)22-41)55(54)50-17-10-31(11-18-50)44-38-42-23-30(40)24-43-38/h2-5,20-21,23-24,26-27,31H,6-19,25H2,1H3,(H,42,43,44)(H,45,52,53). The smallest absolute Gasteiger partial charge is 0.329 e. The summed E-state index contributed by atoms with van der Waals surface area (Å²) in [6.07, 6.45) is 9.34. The van der Waals surface area contributed by atoms with Crippen molar-refractivity contribution < 1.29 is 13.8 Å². The molecule has 0 spiro atoms. The van der Waals surface area contributed by atoms with Crippen molar-refractivity contribution in [2.24, 2.45) is 13.0 Å². The monoisotopic (exact) mass is 783 g/mol. The molecule has 4 fully saturated rings. The molecule has 4 aromatic rings. The number of halogens is 1. The van der Waals surface area contributed by atoms with Gasteiger partial charge in [0.2, 0.25) is 11.9 Å². The number of benzene rings is 2. The van der Waals surface area contributed by atoms with Crippen LogP contribution in [0.2, 0.25) is 5.02 Å². The highest BCUT2D eigenvalue weighted by Crippen LogP contribution is 2.35. The highest BCUT2D eigenvalue weighted by molar-refractivity contribution is 7.82. The van der Waals surface area contributed by atoms with E-state index in [4.69, 9.17) is 11.6 Å². The summed E-state index contributed by atoms with van der Waals surface area (Å²) >= 11 is 5.91. The second-order valence-electron chi connectivity index (χ2n) is 15.1. The molecule has 3 amide bonds. The Kier molecular flexibility index (Phi) is 11.0. The van der Waals surface area contributed by atoms with E-state index in [2.05, 4.69) is 59.8 Å². The Morgan fingerprint density at radius 1 is 0.945 bits per heavy atom. The van der Waals surface area contributed by atoms with Crippen LogP contribution in [0.3, 0.4) is 0 Å². The Labute approximate surface area is 328 Å². The third kappa shape index (κ3) is 8.18. The molecule has 1 atom stereocenters. The summed E-state index contributed by atoms with van der Waals surface area (Å²) in [7, 11) is 0.586. The van der Waals surface area contributed by atoms with E-state index in [9.17, 15) is 19.1 Å². The van der Waals surface area contributed by atoms with Crippen molar-refractivity contribution >= 4 is 62.9 Å². The summed E-state index contributed by atoms with van der Waals surface area (Å²) in [5.41, 5.74) is 3.80. The zero-order valence-corrected chi connectivity index (χ0v) is 32.6. The second kappa shape index (κ2) is 16.2. The molecule has 0 radical (unpaired) electrons. The Morgan fingerprint density at radius 2 is 1.69 bits per heavy atom. The van der Waals surface area contributed by atoms with Gasteiger partial charge in [-0.25, -0.2) is 23.3 Å². The van der Waals surface area contributed by atoms with Gasteiger partial charge in [-0.2, -0.15) is 10.4 Å². The molecule has 8 rings (SSSR count). The molecule has 0 saturated carbocycles. The summed E-state index contributed by atoms with van der Waals surface area (Å²) in [4.78, 5) is 39.8. The summed E-state index contributed by atoms with van der Waals surface area (Å²) in [5.74, 6) is 1.94. The van der Waals surface area contributed by atoms with Gasteiger partial charge in [0, 0.05) is 64.2 Å². The Balaban J connectivity index is 0.821. The van der Waals surface area contributed by atoms with Crippen LogP contribution in [0, 0.1) is 17.2 Å². The molecule has 55 heavy (non-hydrogen) atoms. The number of urea groups is 1. The van der Waals surface area contributed by atoms with Crippen molar-refractivity contribution in [1.29, 1.82) is 5.26 Å². The van der Waals surface area contributed by atoms with Crippen molar-refractivity contribution in [3.05, 3.63) is 64.9 Å². The first kappa shape index (κ1) is 37.3. The molecule has 4 aliphatic rings. The summed E-state index contributed by atoms with van der Waals surface area (Å²) in [6.45, 7) is 6.62. The number of aromatic nitrogens is 4. The Morgan fingerprint density at radius 3 is 2.40 bits per heavy atom. The number of nitrogens with zero attached hydrogens (tertiary/aromatic N) is 9. The number of aryl methyl sites for hydroxylation is 1. The van der Waals surface area contributed by atoms with Crippen molar-refractivity contribution in [3.8, 4) is 6.07 Å². The third-order valence-electron chi connectivity index (χ3n) is 11.6. The van der Waals surface area contributed by atoms with E-state index in [0.29, 0.717) is 53.8 Å². The SMILES string of the molecule is Cn1nc(N2CCC(=O)NC2=O)c2ccc(C3CCN(CC4CCN(c5cc(S(=O)N6CCC(Nc7ncc(Cl)cn7)CC6)ccc5C#N)CC4)CC3)cc21. The molecule has 2 N–H and O–H groups in total. The highest BCUT2D eigenvalue weighted by Gasteiger charge is 2.31. The second-order valence-corrected chi connectivity index (χ2v) is 17.0. The highest BCUT2D eigenvalue weighted by atomic mass is 35.5. The molecule has 6 heterocycles. The van der Waals surface area contributed by atoms with Crippen LogP contribution in [-0.4, -0.2) is 104 Å². The average molecular weight is 784 g/mol. The molecule has 0 bridgehead atoms. The molecule has 1 unspecified atom stereocenters. The molecule has 288 valence electrons. The van der Waals surface area contributed by atoms with E-state index < -0.39 is 17.0 Å². The quantitative estimate of drug-likeness (QED) is 0.236. The van der Waals surface area contributed by atoms with Gasteiger partial charge in [0.25, 0.3) is 0 Å². The van der Waals surface area contributed by atoms with Crippen LogP contribution >= 0.6 is 11.6 Å². The lowest BCUT2D eigenvalue weighted by atomic mass is 9.88. The normalized spacial score (nSPS) is 20.5. The number of carbonyl (C=O) groups is 2. The predicted molar refractivity (Wildman–Crippen MR) is 212 cm³/mol. The maximum absolute atomic E-state index is 13.7. The third-order valence-corrected chi connectivity index (χ3v) is 13.3. The van der Waals surface area contributed by atoms with Crippen molar-refractivity contribution in [2.45, 2.75) is 61.8 Å². The van der Waals surface area contributed by atoms with Crippen molar-refractivity contribution in [2.75, 3.05) is 67.5 Å². The molecule has 16 heteroatoms. The van der Waals surface area contributed by atoms with Crippen molar-refractivity contribution in [3.63, 3.8) is 0 Å². The fourth-order valence-electron chi connectivity index (χ4n) is 8.51. The molecule has 4 aliphatic heterocycles. The minimum absolute atomic E-state index is 0.197. The van der Waals surface area contributed by atoms with Gasteiger partial charge in [0.15, 0.2) is 5.82 Å². The number of hydrogen-bond acceptors (Lipinski definition) is 10. The lowest BCUT2D eigenvalue weighted by Gasteiger charge is -2.39. The molecule has 2 aromatic heterocycles. The first-order valence-electron chi connectivity index (χ1n) is 19.2. The maximum atomic E-state index is 13.7. The van der Waals surface area contributed by atoms with Gasteiger partial charge in [0.1, 0.15) is 17.1 Å². The largest absolute Gasteiger partial charge is 0.370 e. The predicted octanol–water partition coefficient (Wildman–Crippen LogP) is 5.03. The van der Waals surface area contributed by atoms with Gasteiger partial charge in [0.05, 0.1) is 39.1 Å². The van der Waals surface area contributed by atoms with E-state index >= 15 is 0 Å². The van der Waals surface area contributed by atoms with Crippen LogP contribution in [-0.2, 0) is 22.8 Å². The van der Waals surface area contributed by atoms with E-state index in [1.54, 1.807) is 17.3 Å². The number of carbonyl (C=O) groups excluding carboxylic acids is 2. The maximum Gasteiger partial charge on any atom is 0.329 e. The van der Waals surface area contributed by atoms with Crippen LogP contribution in [0.1, 0.15) is 62.0 Å². The molecule has 14 nitrogen and oxygen atoms in total. The van der Waals surface area contributed by atoms with Crippen LogP contribution < -0.4 is 20.4 Å². The summed E-state index contributed by atoms with van der Waals surface area (Å²) in [6, 6.07) is 14.3. The Bertz CT molecular complexity index is 2120. The number of hydrogen-bond donors (Lipinski definition) is 2. The van der Waals surface area contributed by atoms with Crippen LogP contribution in [0.4, 0.5) is 22.2 Å². The van der Waals surface area contributed by atoms with E-state index in [0.717, 1.165) is 92.7 Å². The number of nitrogens with one attached hydrogen (secondary N) is 2. The zero-order valence-electron chi connectivity index (χ0n) is 31.0. The van der Waals surface area contributed by atoms with Gasteiger partial charge < -0.3 is 15.1 Å². The van der Waals surface area contributed by atoms with E-state index in [1.165, 1.54) is 5.56 Å². The minimum Gasteiger partial charge on any atom is -0.370 e. The van der Waals surface area contributed by atoms with E-state index in [1.807, 2.05) is 34.2 Å². The number of anilines is 3. The average Bonchev–Trinajstić information content (AvgIpc) is 3.54. The lowest BCUT2D eigenvalue weighted by molar-refractivity contribution is -0.120. The van der Waals surface area contributed by atoms with Gasteiger partial charge in [-0.3, -0.25) is 19.7 Å². The van der Waals surface area contributed by atoms with Gasteiger partial charge >= 0.3 is 6.03 Å². The molecule has 2 aromatic carbocycles. The van der Waals surface area contributed by atoms with Gasteiger partial charge in [-0.05, 0) is 99.3 Å². The van der Waals surface area contributed by atoms with Gasteiger partial charge in [-0.1, -0.05) is 17.7 Å². The number of fused-ring (bicyclic) bond motifs is 1. The lowest BCUT2D eigenvalue weighted by Crippen LogP contribution is -2.49. The molecular weight excluding hydrogens is 738 g/mol. The molecule has 4 saturated heterocycles. The van der Waals surface area contributed by atoms with Crippen LogP contribution in [0.25, 0.3) is 10.9 Å². The first-order valence-corrected chi connectivity index (χ1v) is 20.7. The van der Waals surface area contributed by atoms with E-state index in [-0.39, 0.29) is 18.4 Å². The Hall–Kier alpha value is -4.62. The first-order chi connectivity index (χ1) is 26.7. The van der Waals surface area contributed by atoms with Crippen LogP contribution in [0.15, 0.2) is 53.7 Å². The van der Waals surface area contributed by atoms with Crippen LogP contribution in [0.5, 0.6) is 0 Å². The number of amides is 3. The number of imide groups is 1. The summed E-state index contributed by atoms with van der Waals surface area (Å²) < 4.78 is 17.6. The topological polar surface area (TPSA) is 156 Å². The summed E-state index contributed by atoms with van der Waals surface area (Å²) in [5, 5.41) is 21.8. The molecular formula is C39H46ClN11O3S. The number of nitriles is 1. The van der Waals surface area contributed by atoms with Crippen molar-refractivity contribution in [1.82, 2.24) is 34.3 Å². The fourth-order valence-corrected chi connectivity index (χ4v) is 9.84. The fraction of sp³-hybridized carbons (Fsp3) is 0.487. The minimum atomic E-state index is -1.32. The molecule has 0 aliphatic carbocycles. The number of likely N-dealkylation sites (tertiary alicyclic amines) is 1. The van der Waals surface area contributed by atoms with Gasteiger partial charge in [-0.15, -0.1) is 0 Å². The zero-order chi connectivity index (χ0) is 38.1. The number of rotatable bonds is 9.